The first kappa shape index (κ1) is 18.6. The number of amides is 1. The van der Waals surface area contributed by atoms with E-state index < -0.39 is 23.5 Å². The van der Waals surface area contributed by atoms with Crippen LogP contribution in [0.2, 0.25) is 5.02 Å². The summed E-state index contributed by atoms with van der Waals surface area (Å²) in [5.74, 6) is -3.31. The fraction of sp³-hybridized carbons (Fsp3) is 0.100. The molecule has 0 radical (unpaired) electrons. The number of aromatic carboxylic acids is 1. The summed E-state index contributed by atoms with van der Waals surface area (Å²) < 4.78 is 27.8. The number of hydrogen-bond acceptors (Lipinski definition) is 3. The molecule has 0 fully saturated rings. The van der Waals surface area contributed by atoms with Crippen LogP contribution in [0.15, 0.2) is 42.5 Å². The maximum absolute atomic E-state index is 14.5. The van der Waals surface area contributed by atoms with Gasteiger partial charge < -0.3 is 10.4 Å². The molecule has 4 rings (SSSR count). The molecule has 2 aromatic carbocycles. The number of carbonyl (C=O) groups excluding carboxylic acids is 1. The average Bonchev–Trinajstić information content (AvgIpc) is 3.02. The van der Waals surface area contributed by atoms with Crippen molar-refractivity contribution in [1.29, 1.82) is 0 Å². The highest BCUT2D eigenvalue weighted by Gasteiger charge is 2.36. The summed E-state index contributed by atoms with van der Waals surface area (Å²) in [5.41, 5.74) is 1.17. The molecule has 0 aliphatic carbocycles. The number of thiophene rings is 1. The lowest BCUT2D eigenvalue weighted by Gasteiger charge is -2.24. The number of nitrogens with one attached hydrogen (secondary N) is 1. The predicted octanol–water partition coefficient (Wildman–Crippen LogP) is 5.52. The Morgan fingerprint density at radius 3 is 2.54 bits per heavy atom. The predicted molar refractivity (Wildman–Crippen MR) is 103 cm³/mol. The third kappa shape index (κ3) is 3.06. The second-order valence-corrected chi connectivity index (χ2v) is 7.76. The molecule has 4 nitrogen and oxygen atoms in total. The van der Waals surface area contributed by atoms with Crippen LogP contribution in [0.1, 0.15) is 32.5 Å². The minimum atomic E-state index is -1.19. The normalized spacial score (nSPS) is 15.8. The standard InChI is InChI=1S/C20H12ClF2NO3S/c21-12-2-1-3-13(23)16(12)11-8-14(25)24-17-15(9-4-6-10(22)7-5-9)19(20(26)27)28-18(11)17/h1-7,11H,8H2,(H,24,25)(H,26,27)/t11-/m1/s1. The molecule has 2 N–H and O–H groups in total. The van der Waals surface area contributed by atoms with Gasteiger partial charge in [0.15, 0.2) is 0 Å². The summed E-state index contributed by atoms with van der Waals surface area (Å²) >= 11 is 7.15. The number of anilines is 1. The van der Waals surface area contributed by atoms with E-state index in [1.807, 2.05) is 0 Å². The molecule has 0 spiro atoms. The van der Waals surface area contributed by atoms with Crippen LogP contribution < -0.4 is 5.32 Å². The monoisotopic (exact) mass is 419 g/mol. The molecular formula is C20H12ClF2NO3S. The number of hydrogen-bond donors (Lipinski definition) is 2. The van der Waals surface area contributed by atoms with Gasteiger partial charge in [-0.05, 0) is 29.8 Å². The first-order valence-electron chi connectivity index (χ1n) is 8.26. The summed E-state index contributed by atoms with van der Waals surface area (Å²) in [6.45, 7) is 0. The number of rotatable bonds is 3. The van der Waals surface area contributed by atoms with Gasteiger partial charge in [-0.2, -0.15) is 0 Å². The van der Waals surface area contributed by atoms with Crippen LogP contribution in [0.25, 0.3) is 11.1 Å². The highest BCUT2D eigenvalue weighted by Crippen LogP contribution is 2.50. The maximum atomic E-state index is 14.5. The molecule has 0 saturated carbocycles. The number of benzene rings is 2. The van der Waals surface area contributed by atoms with Crippen molar-refractivity contribution in [3.8, 4) is 11.1 Å². The van der Waals surface area contributed by atoms with Gasteiger partial charge in [-0.25, -0.2) is 13.6 Å². The number of carboxylic acids is 1. The van der Waals surface area contributed by atoms with E-state index in [0.29, 0.717) is 16.1 Å². The van der Waals surface area contributed by atoms with Gasteiger partial charge in [-0.1, -0.05) is 29.8 Å². The van der Waals surface area contributed by atoms with Gasteiger partial charge in [0.1, 0.15) is 16.5 Å². The molecule has 0 saturated heterocycles. The Morgan fingerprint density at radius 2 is 1.89 bits per heavy atom. The number of carboxylic acid groups (broad SMARTS) is 1. The summed E-state index contributed by atoms with van der Waals surface area (Å²) in [5, 5.41) is 12.6. The van der Waals surface area contributed by atoms with Crippen molar-refractivity contribution in [1.82, 2.24) is 0 Å². The second kappa shape index (κ2) is 7.00. The Morgan fingerprint density at radius 1 is 1.18 bits per heavy atom. The van der Waals surface area contributed by atoms with E-state index in [9.17, 15) is 23.5 Å². The molecule has 8 heteroatoms. The van der Waals surface area contributed by atoms with Gasteiger partial charge in [0.2, 0.25) is 5.91 Å². The van der Waals surface area contributed by atoms with Gasteiger partial charge in [0.25, 0.3) is 0 Å². The molecule has 2 heterocycles. The van der Waals surface area contributed by atoms with Crippen molar-refractivity contribution in [2.24, 2.45) is 0 Å². The molecule has 0 unspecified atom stereocenters. The van der Waals surface area contributed by atoms with Crippen molar-refractivity contribution >= 4 is 40.5 Å². The Hall–Kier alpha value is -2.77. The summed E-state index contributed by atoms with van der Waals surface area (Å²) in [6, 6.07) is 9.54. The van der Waals surface area contributed by atoms with Crippen molar-refractivity contribution < 1.29 is 23.5 Å². The largest absolute Gasteiger partial charge is 0.477 e. The number of halogens is 3. The number of carbonyl (C=O) groups is 2. The Balaban J connectivity index is 1.98. The summed E-state index contributed by atoms with van der Waals surface area (Å²) in [4.78, 5) is 24.7. The minimum Gasteiger partial charge on any atom is -0.477 e. The highest BCUT2D eigenvalue weighted by molar-refractivity contribution is 7.15. The van der Waals surface area contributed by atoms with Crippen LogP contribution in [-0.2, 0) is 4.79 Å². The van der Waals surface area contributed by atoms with Crippen molar-refractivity contribution in [3.05, 3.63) is 74.4 Å². The molecule has 3 aromatic rings. The molecular weight excluding hydrogens is 408 g/mol. The SMILES string of the molecule is O=C1C[C@H](c2c(F)cccc2Cl)c2sc(C(=O)O)c(-c3ccc(F)cc3)c2N1. The summed E-state index contributed by atoms with van der Waals surface area (Å²) in [6.07, 6.45) is -0.0594. The van der Waals surface area contributed by atoms with Crippen LogP contribution in [0.5, 0.6) is 0 Å². The average molecular weight is 420 g/mol. The molecule has 1 atom stereocenters. The lowest BCUT2D eigenvalue weighted by Crippen LogP contribution is -2.23. The van der Waals surface area contributed by atoms with E-state index in [4.69, 9.17) is 11.6 Å². The van der Waals surface area contributed by atoms with Gasteiger partial charge in [0.05, 0.1) is 5.69 Å². The topological polar surface area (TPSA) is 66.4 Å². The fourth-order valence-corrected chi connectivity index (χ4v) is 4.93. The first-order valence-corrected chi connectivity index (χ1v) is 9.46. The zero-order chi connectivity index (χ0) is 20.0. The maximum Gasteiger partial charge on any atom is 0.346 e. The highest BCUT2D eigenvalue weighted by atomic mass is 35.5. The first-order chi connectivity index (χ1) is 13.4. The van der Waals surface area contributed by atoms with Crippen molar-refractivity contribution in [2.45, 2.75) is 12.3 Å². The van der Waals surface area contributed by atoms with E-state index >= 15 is 0 Å². The molecule has 1 aromatic heterocycles. The van der Waals surface area contributed by atoms with Crippen LogP contribution in [0, 0.1) is 11.6 Å². The van der Waals surface area contributed by atoms with Crippen LogP contribution in [0.3, 0.4) is 0 Å². The van der Waals surface area contributed by atoms with E-state index in [-0.39, 0.29) is 33.4 Å². The van der Waals surface area contributed by atoms with Gasteiger partial charge in [-0.3, -0.25) is 4.79 Å². The van der Waals surface area contributed by atoms with Crippen molar-refractivity contribution in [3.63, 3.8) is 0 Å². The third-order valence-corrected chi connectivity index (χ3v) is 6.20. The lowest BCUT2D eigenvalue weighted by molar-refractivity contribution is -0.116. The lowest BCUT2D eigenvalue weighted by atomic mass is 9.88. The Bertz CT molecular complexity index is 1090. The van der Waals surface area contributed by atoms with E-state index in [2.05, 4.69) is 5.32 Å². The second-order valence-electron chi connectivity index (χ2n) is 6.30. The van der Waals surface area contributed by atoms with Crippen LogP contribution in [-0.4, -0.2) is 17.0 Å². The van der Waals surface area contributed by atoms with Crippen LogP contribution in [0.4, 0.5) is 14.5 Å². The summed E-state index contributed by atoms with van der Waals surface area (Å²) in [7, 11) is 0. The van der Waals surface area contributed by atoms with Gasteiger partial charge >= 0.3 is 5.97 Å². The fourth-order valence-electron chi connectivity index (χ4n) is 3.41. The molecule has 28 heavy (non-hydrogen) atoms. The zero-order valence-electron chi connectivity index (χ0n) is 14.1. The molecule has 1 amide bonds. The molecule has 142 valence electrons. The Kier molecular flexibility index (Phi) is 4.64. The quantitative estimate of drug-likeness (QED) is 0.587. The zero-order valence-corrected chi connectivity index (χ0v) is 15.7. The van der Waals surface area contributed by atoms with Crippen molar-refractivity contribution in [2.75, 3.05) is 5.32 Å². The minimum absolute atomic E-state index is 0.0173. The smallest absolute Gasteiger partial charge is 0.346 e. The third-order valence-electron chi connectivity index (χ3n) is 4.58. The molecule has 1 aliphatic rings. The van der Waals surface area contributed by atoms with E-state index in [0.717, 1.165) is 11.3 Å². The Labute approximate surface area is 167 Å². The number of fused-ring (bicyclic) bond motifs is 1. The van der Waals surface area contributed by atoms with Gasteiger partial charge in [-0.15, -0.1) is 11.3 Å². The van der Waals surface area contributed by atoms with Crippen LogP contribution >= 0.6 is 22.9 Å². The van der Waals surface area contributed by atoms with Gasteiger partial charge in [0, 0.05) is 33.4 Å². The molecule has 0 bridgehead atoms. The van der Waals surface area contributed by atoms with E-state index in [1.165, 1.54) is 42.5 Å². The van der Waals surface area contributed by atoms with E-state index in [1.54, 1.807) is 0 Å². The molecule has 1 aliphatic heterocycles.